The van der Waals surface area contributed by atoms with Crippen molar-refractivity contribution in [2.45, 2.75) is 24.7 Å². The molecule has 16 heavy (non-hydrogen) atoms. The first-order valence-corrected chi connectivity index (χ1v) is 6.81. The summed E-state index contributed by atoms with van der Waals surface area (Å²) in [4.78, 5) is 12.1. The lowest BCUT2D eigenvalue weighted by Crippen LogP contribution is -2.35. The Labute approximate surface area is 105 Å². The van der Waals surface area contributed by atoms with Crippen molar-refractivity contribution in [1.82, 2.24) is 5.32 Å². The second kappa shape index (κ2) is 5.00. The molecule has 0 bridgehead atoms. The van der Waals surface area contributed by atoms with Gasteiger partial charge in [-0.15, -0.1) is 0 Å². The van der Waals surface area contributed by atoms with E-state index in [0.717, 1.165) is 36.7 Å². The first-order chi connectivity index (χ1) is 7.79. The Kier molecular flexibility index (Phi) is 3.64. The van der Waals surface area contributed by atoms with E-state index in [2.05, 4.69) is 33.4 Å². The molecule has 3 heteroatoms. The zero-order valence-electron chi connectivity index (χ0n) is 9.21. The van der Waals surface area contributed by atoms with Crippen LogP contribution in [0.3, 0.4) is 0 Å². The molecule has 0 atom stereocenters. The van der Waals surface area contributed by atoms with Crippen LogP contribution in [0.4, 0.5) is 0 Å². The number of hydrogen-bond acceptors (Lipinski definition) is 1. The molecule has 1 N–H and O–H groups in total. The minimum Gasteiger partial charge on any atom is -0.355 e. The number of nitrogens with one attached hydrogen (secondary N) is 1. The maximum atomic E-state index is 12.1. The number of carbonyl (C=O) groups excluding carboxylic acids is 1. The third kappa shape index (κ3) is 2.29. The zero-order valence-corrected chi connectivity index (χ0v) is 10.8. The monoisotopic (exact) mass is 281 g/mol. The number of benzene rings is 1. The van der Waals surface area contributed by atoms with Crippen molar-refractivity contribution < 1.29 is 4.79 Å². The van der Waals surface area contributed by atoms with Gasteiger partial charge in [0.2, 0.25) is 5.91 Å². The Morgan fingerprint density at radius 2 is 2.00 bits per heavy atom. The molecule has 0 unspecified atom stereocenters. The fraction of sp³-hybridized carbons (Fsp3) is 0.462. The summed E-state index contributed by atoms with van der Waals surface area (Å²) >= 11 is 3.36. The molecule has 1 aliphatic rings. The SMILES string of the molecule is O=C(NCCCBr)C1(c2ccccc2)CC1. The van der Waals surface area contributed by atoms with E-state index in [1.807, 2.05) is 18.2 Å². The van der Waals surface area contributed by atoms with Crippen LogP contribution in [0.15, 0.2) is 30.3 Å². The topological polar surface area (TPSA) is 29.1 Å². The van der Waals surface area contributed by atoms with Gasteiger partial charge >= 0.3 is 0 Å². The van der Waals surface area contributed by atoms with E-state index in [1.54, 1.807) is 0 Å². The van der Waals surface area contributed by atoms with Crippen LogP contribution in [0, 0.1) is 0 Å². The summed E-state index contributed by atoms with van der Waals surface area (Å²) in [5, 5.41) is 3.95. The normalized spacial score (nSPS) is 16.8. The molecule has 1 saturated carbocycles. The van der Waals surface area contributed by atoms with Gasteiger partial charge in [-0.2, -0.15) is 0 Å². The lowest BCUT2D eigenvalue weighted by Gasteiger charge is -2.15. The summed E-state index contributed by atoms with van der Waals surface area (Å²) in [5.41, 5.74) is 0.944. The van der Waals surface area contributed by atoms with E-state index >= 15 is 0 Å². The van der Waals surface area contributed by atoms with Crippen molar-refractivity contribution in [3.63, 3.8) is 0 Å². The number of carbonyl (C=O) groups is 1. The third-order valence-corrected chi connectivity index (χ3v) is 3.67. The summed E-state index contributed by atoms with van der Waals surface area (Å²) < 4.78 is 0. The molecule has 0 radical (unpaired) electrons. The van der Waals surface area contributed by atoms with Gasteiger partial charge in [0.15, 0.2) is 0 Å². The van der Waals surface area contributed by atoms with E-state index in [-0.39, 0.29) is 11.3 Å². The first-order valence-electron chi connectivity index (χ1n) is 5.69. The maximum Gasteiger partial charge on any atom is 0.230 e. The molecule has 2 nitrogen and oxygen atoms in total. The molecule has 86 valence electrons. The predicted molar refractivity (Wildman–Crippen MR) is 68.8 cm³/mol. The van der Waals surface area contributed by atoms with Crippen LogP contribution >= 0.6 is 15.9 Å². The molecule has 1 aliphatic carbocycles. The molecule has 1 aromatic rings. The average molecular weight is 282 g/mol. The van der Waals surface area contributed by atoms with E-state index in [0.29, 0.717) is 0 Å². The van der Waals surface area contributed by atoms with Crippen LogP contribution in [0.2, 0.25) is 0 Å². The van der Waals surface area contributed by atoms with Crippen molar-refractivity contribution in [1.29, 1.82) is 0 Å². The number of halogens is 1. The molecule has 1 aromatic carbocycles. The van der Waals surface area contributed by atoms with Gasteiger partial charge in [0.25, 0.3) is 0 Å². The van der Waals surface area contributed by atoms with Crippen molar-refractivity contribution in [3.05, 3.63) is 35.9 Å². The van der Waals surface area contributed by atoms with Crippen molar-refractivity contribution in [2.75, 3.05) is 11.9 Å². The van der Waals surface area contributed by atoms with Crippen LogP contribution in [-0.4, -0.2) is 17.8 Å². The minimum absolute atomic E-state index is 0.194. The minimum atomic E-state index is -0.215. The summed E-state index contributed by atoms with van der Waals surface area (Å²) in [5.74, 6) is 0.194. The summed E-state index contributed by atoms with van der Waals surface area (Å²) in [7, 11) is 0. The Hall–Kier alpha value is -0.830. The molecule has 0 heterocycles. The van der Waals surface area contributed by atoms with E-state index in [4.69, 9.17) is 0 Å². The fourth-order valence-electron chi connectivity index (χ4n) is 1.97. The molecule has 1 amide bonds. The largest absolute Gasteiger partial charge is 0.355 e. The van der Waals surface area contributed by atoms with Crippen molar-refractivity contribution in [2.24, 2.45) is 0 Å². The second-order valence-corrected chi connectivity index (χ2v) is 5.04. The van der Waals surface area contributed by atoms with Crippen LogP contribution in [0.1, 0.15) is 24.8 Å². The average Bonchev–Trinajstić information content (AvgIpc) is 3.12. The van der Waals surface area contributed by atoms with Crippen molar-refractivity contribution >= 4 is 21.8 Å². The fourth-order valence-corrected chi connectivity index (χ4v) is 2.25. The maximum absolute atomic E-state index is 12.1. The van der Waals surface area contributed by atoms with Gasteiger partial charge in [0.1, 0.15) is 0 Å². The van der Waals surface area contributed by atoms with Crippen LogP contribution in [-0.2, 0) is 10.2 Å². The summed E-state index contributed by atoms with van der Waals surface area (Å²) in [6.45, 7) is 0.763. The molecular formula is C13H16BrNO. The van der Waals surface area contributed by atoms with Gasteiger partial charge in [0.05, 0.1) is 5.41 Å². The molecule has 0 saturated heterocycles. The molecule has 0 spiro atoms. The van der Waals surface area contributed by atoms with Gasteiger partial charge in [0, 0.05) is 11.9 Å². The highest BCUT2D eigenvalue weighted by atomic mass is 79.9. The van der Waals surface area contributed by atoms with Crippen LogP contribution < -0.4 is 5.32 Å². The smallest absolute Gasteiger partial charge is 0.230 e. The zero-order chi connectivity index (χ0) is 11.4. The lowest BCUT2D eigenvalue weighted by molar-refractivity contribution is -0.123. The van der Waals surface area contributed by atoms with E-state index < -0.39 is 0 Å². The summed E-state index contributed by atoms with van der Waals surface area (Å²) in [6, 6.07) is 10.1. The van der Waals surface area contributed by atoms with Gasteiger partial charge < -0.3 is 5.32 Å². The summed E-state index contributed by atoms with van der Waals surface area (Å²) in [6.07, 6.45) is 2.95. The molecule has 2 rings (SSSR count). The Morgan fingerprint density at radius 1 is 1.31 bits per heavy atom. The number of rotatable bonds is 5. The quantitative estimate of drug-likeness (QED) is 0.653. The third-order valence-electron chi connectivity index (χ3n) is 3.11. The molecular weight excluding hydrogens is 266 g/mol. The van der Waals surface area contributed by atoms with Crippen LogP contribution in [0.25, 0.3) is 0 Å². The molecule has 0 aromatic heterocycles. The highest BCUT2D eigenvalue weighted by Gasteiger charge is 2.50. The predicted octanol–water partition coefficient (Wildman–Crippen LogP) is 2.62. The van der Waals surface area contributed by atoms with Crippen LogP contribution in [0.5, 0.6) is 0 Å². The Balaban J connectivity index is 2.00. The Bertz CT molecular complexity index is 359. The van der Waals surface area contributed by atoms with Gasteiger partial charge in [-0.05, 0) is 24.8 Å². The standard InChI is InChI=1S/C13H16BrNO/c14-9-4-10-15-12(16)13(7-8-13)11-5-2-1-3-6-11/h1-3,5-6H,4,7-10H2,(H,15,16). The van der Waals surface area contributed by atoms with Gasteiger partial charge in [-0.1, -0.05) is 46.3 Å². The number of hydrogen-bond donors (Lipinski definition) is 1. The molecule has 1 fully saturated rings. The number of alkyl halides is 1. The van der Waals surface area contributed by atoms with E-state index in [1.165, 1.54) is 0 Å². The van der Waals surface area contributed by atoms with Gasteiger partial charge in [-0.3, -0.25) is 4.79 Å². The van der Waals surface area contributed by atoms with E-state index in [9.17, 15) is 4.79 Å². The Morgan fingerprint density at radius 3 is 2.56 bits per heavy atom. The first kappa shape index (κ1) is 11.6. The highest BCUT2D eigenvalue weighted by molar-refractivity contribution is 9.09. The van der Waals surface area contributed by atoms with Gasteiger partial charge in [-0.25, -0.2) is 0 Å². The highest BCUT2D eigenvalue weighted by Crippen LogP contribution is 2.48. The number of amides is 1. The molecule has 0 aliphatic heterocycles. The second-order valence-electron chi connectivity index (χ2n) is 4.25. The van der Waals surface area contributed by atoms with Crippen molar-refractivity contribution in [3.8, 4) is 0 Å². The lowest BCUT2D eigenvalue weighted by atomic mass is 9.95.